The molecule has 0 aliphatic carbocycles. The molecular weight excluding hydrogens is 213 g/mol. The molecule has 1 aromatic carbocycles. The van der Waals surface area contributed by atoms with E-state index in [9.17, 15) is 4.39 Å². The van der Waals surface area contributed by atoms with Gasteiger partial charge in [0, 0.05) is 7.11 Å². The van der Waals surface area contributed by atoms with Crippen molar-refractivity contribution in [3.8, 4) is 23.3 Å². The quantitative estimate of drug-likeness (QED) is 0.573. The van der Waals surface area contributed by atoms with Crippen molar-refractivity contribution in [1.29, 1.82) is 0 Å². The van der Waals surface area contributed by atoms with Gasteiger partial charge in [0.1, 0.15) is 12.3 Å². The minimum absolute atomic E-state index is 0.0297. The molecule has 0 atom stereocenters. The number of rotatable bonds is 1. The molecule has 0 saturated carbocycles. The van der Waals surface area contributed by atoms with Crippen LogP contribution in [0, 0.1) is 17.7 Å². The minimum Gasteiger partial charge on any atom is -0.452 e. The zero-order chi connectivity index (χ0) is 11.5. The third kappa shape index (κ3) is 1.75. The standard InChI is InChI=1S/C11H10FNO3/c1-14-4-2-3-7-5-8(12)9(13)11-10(7)15-6-16-11/h5H,4,6,13H2,1H3. The topological polar surface area (TPSA) is 53.7 Å². The predicted molar refractivity (Wildman–Crippen MR) is 55.7 cm³/mol. The number of nitrogens with two attached hydrogens (primary N) is 1. The van der Waals surface area contributed by atoms with Gasteiger partial charge in [-0.05, 0) is 6.07 Å². The first-order chi connectivity index (χ1) is 7.74. The molecule has 0 aromatic heterocycles. The lowest BCUT2D eigenvalue weighted by Crippen LogP contribution is -1.95. The molecule has 1 aromatic rings. The summed E-state index contributed by atoms with van der Waals surface area (Å²) in [6.07, 6.45) is 0. The van der Waals surface area contributed by atoms with Gasteiger partial charge in [-0.2, -0.15) is 0 Å². The maximum absolute atomic E-state index is 13.4. The molecule has 1 heterocycles. The summed E-state index contributed by atoms with van der Waals surface area (Å²) < 4.78 is 28.4. The van der Waals surface area contributed by atoms with Crippen LogP contribution in [0.2, 0.25) is 0 Å². The van der Waals surface area contributed by atoms with E-state index in [4.69, 9.17) is 19.9 Å². The van der Waals surface area contributed by atoms with Gasteiger partial charge in [-0.1, -0.05) is 11.8 Å². The molecule has 0 saturated heterocycles. The number of fused-ring (bicyclic) bond motifs is 1. The number of anilines is 1. The van der Waals surface area contributed by atoms with Gasteiger partial charge in [-0.15, -0.1) is 0 Å². The number of methoxy groups -OCH3 is 1. The molecule has 0 spiro atoms. The van der Waals surface area contributed by atoms with Crippen LogP contribution in [0.5, 0.6) is 11.5 Å². The zero-order valence-electron chi connectivity index (χ0n) is 8.67. The molecule has 0 amide bonds. The molecule has 4 nitrogen and oxygen atoms in total. The van der Waals surface area contributed by atoms with E-state index in [2.05, 4.69) is 11.8 Å². The van der Waals surface area contributed by atoms with Crippen molar-refractivity contribution in [3.05, 3.63) is 17.4 Å². The Labute approximate surface area is 92.1 Å². The van der Waals surface area contributed by atoms with Crippen molar-refractivity contribution < 1.29 is 18.6 Å². The third-order valence-corrected chi connectivity index (χ3v) is 2.07. The fourth-order valence-electron chi connectivity index (χ4n) is 1.35. The van der Waals surface area contributed by atoms with E-state index in [1.807, 2.05) is 0 Å². The summed E-state index contributed by atoms with van der Waals surface area (Å²) in [7, 11) is 1.53. The van der Waals surface area contributed by atoms with Crippen LogP contribution in [0.15, 0.2) is 6.07 Å². The fraction of sp³-hybridized carbons (Fsp3) is 0.273. The number of halogens is 1. The summed E-state index contributed by atoms with van der Waals surface area (Å²) in [5.41, 5.74) is 5.87. The number of hydrogen-bond donors (Lipinski definition) is 1. The second kappa shape index (κ2) is 4.29. The van der Waals surface area contributed by atoms with E-state index >= 15 is 0 Å². The Hall–Kier alpha value is -1.93. The zero-order valence-corrected chi connectivity index (χ0v) is 8.67. The lowest BCUT2D eigenvalue weighted by Gasteiger charge is -2.03. The van der Waals surface area contributed by atoms with Crippen LogP contribution in [0.1, 0.15) is 5.56 Å². The van der Waals surface area contributed by atoms with Gasteiger partial charge in [0.15, 0.2) is 17.3 Å². The first-order valence-corrected chi connectivity index (χ1v) is 4.59. The van der Waals surface area contributed by atoms with E-state index in [0.717, 1.165) is 0 Å². The van der Waals surface area contributed by atoms with E-state index in [1.165, 1.54) is 13.2 Å². The second-order valence-corrected chi connectivity index (χ2v) is 3.12. The number of ether oxygens (including phenoxy) is 3. The lowest BCUT2D eigenvalue weighted by molar-refractivity contribution is 0.174. The largest absolute Gasteiger partial charge is 0.452 e. The highest BCUT2D eigenvalue weighted by Gasteiger charge is 2.23. The van der Waals surface area contributed by atoms with Gasteiger partial charge in [0.25, 0.3) is 0 Å². The molecule has 16 heavy (non-hydrogen) atoms. The van der Waals surface area contributed by atoms with Crippen LogP contribution in [0.3, 0.4) is 0 Å². The minimum atomic E-state index is -0.564. The lowest BCUT2D eigenvalue weighted by atomic mass is 10.1. The molecule has 0 radical (unpaired) electrons. The van der Waals surface area contributed by atoms with E-state index in [-0.39, 0.29) is 24.8 Å². The SMILES string of the molecule is COCC#Cc1cc(F)c(N)c2c1OCO2. The number of hydrogen-bond acceptors (Lipinski definition) is 4. The summed E-state index contributed by atoms with van der Waals surface area (Å²) in [6, 6.07) is 1.23. The van der Waals surface area contributed by atoms with Gasteiger partial charge in [0.2, 0.25) is 6.79 Å². The Balaban J connectivity index is 2.44. The highest BCUT2D eigenvalue weighted by molar-refractivity contribution is 5.68. The molecule has 1 aliphatic heterocycles. The summed E-state index contributed by atoms with van der Waals surface area (Å²) in [5, 5.41) is 0. The molecule has 84 valence electrons. The van der Waals surface area contributed by atoms with Crippen molar-refractivity contribution in [1.82, 2.24) is 0 Å². The molecule has 2 N–H and O–H groups in total. The first kappa shape index (κ1) is 10.6. The Morgan fingerprint density at radius 3 is 3.00 bits per heavy atom. The normalized spacial score (nSPS) is 12.1. The number of benzene rings is 1. The molecular formula is C11H10FNO3. The third-order valence-electron chi connectivity index (χ3n) is 2.07. The van der Waals surface area contributed by atoms with Crippen molar-refractivity contribution in [2.45, 2.75) is 0 Å². The van der Waals surface area contributed by atoms with Gasteiger partial charge in [-0.25, -0.2) is 4.39 Å². The van der Waals surface area contributed by atoms with Crippen LogP contribution in [0.25, 0.3) is 0 Å². The van der Waals surface area contributed by atoms with Crippen LogP contribution in [0.4, 0.5) is 10.1 Å². The van der Waals surface area contributed by atoms with Crippen molar-refractivity contribution in [3.63, 3.8) is 0 Å². The summed E-state index contributed by atoms with van der Waals surface area (Å²) in [4.78, 5) is 0. The van der Waals surface area contributed by atoms with Crippen LogP contribution in [-0.2, 0) is 4.74 Å². The van der Waals surface area contributed by atoms with Crippen LogP contribution >= 0.6 is 0 Å². The van der Waals surface area contributed by atoms with E-state index in [0.29, 0.717) is 11.3 Å². The maximum Gasteiger partial charge on any atom is 0.231 e. The fourth-order valence-corrected chi connectivity index (χ4v) is 1.35. The molecule has 0 unspecified atom stereocenters. The molecule has 1 aliphatic rings. The van der Waals surface area contributed by atoms with Gasteiger partial charge >= 0.3 is 0 Å². The Morgan fingerprint density at radius 1 is 1.50 bits per heavy atom. The summed E-state index contributed by atoms with van der Waals surface area (Å²) in [6.45, 7) is 0.295. The highest BCUT2D eigenvalue weighted by atomic mass is 19.1. The average molecular weight is 223 g/mol. The Kier molecular flexibility index (Phi) is 2.84. The Bertz CT molecular complexity index is 476. The summed E-state index contributed by atoms with van der Waals surface area (Å²) >= 11 is 0. The van der Waals surface area contributed by atoms with Gasteiger partial charge in [0.05, 0.1) is 5.56 Å². The molecule has 5 heteroatoms. The van der Waals surface area contributed by atoms with Gasteiger partial charge in [-0.3, -0.25) is 0 Å². The predicted octanol–water partition coefficient (Wildman–Crippen LogP) is 1.13. The summed E-state index contributed by atoms with van der Waals surface area (Å²) in [5.74, 6) is 5.50. The average Bonchev–Trinajstić information content (AvgIpc) is 2.74. The number of nitrogen functional groups attached to an aromatic ring is 1. The van der Waals surface area contributed by atoms with E-state index in [1.54, 1.807) is 0 Å². The highest BCUT2D eigenvalue weighted by Crippen LogP contribution is 2.41. The maximum atomic E-state index is 13.4. The molecule has 0 fully saturated rings. The first-order valence-electron chi connectivity index (χ1n) is 4.59. The molecule has 0 bridgehead atoms. The van der Waals surface area contributed by atoms with E-state index < -0.39 is 5.82 Å². The smallest absolute Gasteiger partial charge is 0.231 e. The van der Waals surface area contributed by atoms with Crippen molar-refractivity contribution >= 4 is 5.69 Å². The van der Waals surface area contributed by atoms with Crippen molar-refractivity contribution in [2.75, 3.05) is 26.2 Å². The Morgan fingerprint density at radius 2 is 2.25 bits per heavy atom. The van der Waals surface area contributed by atoms with Crippen molar-refractivity contribution in [2.24, 2.45) is 0 Å². The van der Waals surface area contributed by atoms with Crippen LogP contribution in [-0.4, -0.2) is 20.5 Å². The van der Waals surface area contributed by atoms with Crippen LogP contribution < -0.4 is 15.2 Å². The second-order valence-electron chi connectivity index (χ2n) is 3.12. The van der Waals surface area contributed by atoms with Gasteiger partial charge < -0.3 is 19.9 Å². The monoisotopic (exact) mass is 223 g/mol. The molecule has 2 rings (SSSR count).